The number of hydrogen-bond donors (Lipinski definition) is 1. The van der Waals surface area contributed by atoms with Crippen molar-refractivity contribution in [1.29, 1.82) is 0 Å². The minimum absolute atomic E-state index is 0. The van der Waals surface area contributed by atoms with Crippen molar-refractivity contribution in [2.45, 2.75) is 12.3 Å². The van der Waals surface area contributed by atoms with E-state index in [0.717, 1.165) is 36.8 Å². The summed E-state index contributed by atoms with van der Waals surface area (Å²) in [5.74, 6) is 2.79. The number of rotatable bonds is 4. The SMILES string of the molecule is Cl.Fc1ccc([C@@H]2CCNC[C@H]2COc2ccc3c(c2)OCO3)cc1.O.O. The molecule has 0 unspecified atom stereocenters. The molecule has 8 heteroatoms. The fourth-order valence-corrected chi connectivity index (χ4v) is 3.42. The van der Waals surface area contributed by atoms with Gasteiger partial charge in [-0.05, 0) is 48.7 Å². The fourth-order valence-electron chi connectivity index (χ4n) is 3.42. The van der Waals surface area contributed by atoms with Crippen LogP contribution in [0.5, 0.6) is 17.2 Å². The standard InChI is InChI=1S/C19H20FNO3.ClH.2H2O/c20-15-3-1-13(2-4-15)17-7-8-21-10-14(17)11-22-16-5-6-18-19(9-16)24-12-23-18;;;/h1-6,9,14,17,21H,7-8,10-12H2;1H;2*1H2/t14-,17-;;;/m0.../s1. The largest absolute Gasteiger partial charge is 0.493 e. The van der Waals surface area contributed by atoms with Crippen molar-refractivity contribution in [3.63, 3.8) is 0 Å². The molecular formula is C19H25ClFNO5. The number of fused-ring (bicyclic) bond motifs is 1. The Morgan fingerprint density at radius 3 is 2.56 bits per heavy atom. The van der Waals surface area contributed by atoms with E-state index < -0.39 is 0 Å². The molecule has 2 heterocycles. The smallest absolute Gasteiger partial charge is 0.231 e. The van der Waals surface area contributed by atoms with E-state index in [1.165, 1.54) is 17.7 Å². The van der Waals surface area contributed by atoms with Crippen molar-refractivity contribution in [2.24, 2.45) is 5.92 Å². The minimum atomic E-state index is -0.194. The predicted molar refractivity (Wildman–Crippen MR) is 103 cm³/mol. The van der Waals surface area contributed by atoms with Gasteiger partial charge in [0.15, 0.2) is 11.5 Å². The van der Waals surface area contributed by atoms with Crippen LogP contribution in [0.1, 0.15) is 17.9 Å². The molecule has 2 aromatic rings. The zero-order chi connectivity index (χ0) is 16.4. The second kappa shape index (κ2) is 10.3. The van der Waals surface area contributed by atoms with Crippen LogP contribution in [0, 0.1) is 11.7 Å². The van der Waals surface area contributed by atoms with Crippen molar-refractivity contribution >= 4 is 12.4 Å². The third-order valence-electron chi connectivity index (χ3n) is 4.71. The van der Waals surface area contributed by atoms with Gasteiger partial charge in [-0.15, -0.1) is 12.4 Å². The van der Waals surface area contributed by atoms with Gasteiger partial charge in [0.25, 0.3) is 0 Å². The topological polar surface area (TPSA) is 103 Å². The molecule has 1 saturated heterocycles. The highest BCUT2D eigenvalue weighted by Gasteiger charge is 2.27. The van der Waals surface area contributed by atoms with Gasteiger partial charge in [-0.2, -0.15) is 0 Å². The van der Waals surface area contributed by atoms with E-state index in [2.05, 4.69) is 5.32 Å². The first kappa shape index (κ1) is 23.0. The fraction of sp³-hybridized carbons (Fsp3) is 0.368. The van der Waals surface area contributed by atoms with Crippen molar-refractivity contribution in [1.82, 2.24) is 5.32 Å². The van der Waals surface area contributed by atoms with Crippen LogP contribution in [0.25, 0.3) is 0 Å². The molecule has 0 saturated carbocycles. The van der Waals surface area contributed by atoms with E-state index in [1.54, 1.807) is 0 Å². The number of hydrogen-bond acceptors (Lipinski definition) is 4. The van der Waals surface area contributed by atoms with Gasteiger partial charge in [0.2, 0.25) is 6.79 Å². The summed E-state index contributed by atoms with van der Waals surface area (Å²) >= 11 is 0. The van der Waals surface area contributed by atoms with Crippen LogP contribution in [0.2, 0.25) is 0 Å². The van der Waals surface area contributed by atoms with Crippen LogP contribution in [0.3, 0.4) is 0 Å². The number of nitrogens with one attached hydrogen (secondary N) is 1. The Bertz CT molecular complexity index is 716. The zero-order valence-electron chi connectivity index (χ0n) is 14.7. The van der Waals surface area contributed by atoms with E-state index in [-0.39, 0.29) is 36.0 Å². The van der Waals surface area contributed by atoms with Gasteiger partial charge >= 0.3 is 0 Å². The Hall–Kier alpha value is -2.06. The van der Waals surface area contributed by atoms with Gasteiger partial charge in [0.1, 0.15) is 11.6 Å². The highest BCUT2D eigenvalue weighted by molar-refractivity contribution is 5.85. The lowest BCUT2D eigenvalue weighted by atomic mass is 9.81. The third kappa shape index (κ3) is 5.23. The maximum absolute atomic E-state index is 13.2. The maximum Gasteiger partial charge on any atom is 0.231 e. The average molecular weight is 402 g/mol. The van der Waals surface area contributed by atoms with Crippen LogP contribution >= 0.6 is 12.4 Å². The van der Waals surface area contributed by atoms with E-state index in [0.29, 0.717) is 18.4 Å². The molecule has 0 amide bonds. The molecule has 1 fully saturated rings. The summed E-state index contributed by atoms with van der Waals surface area (Å²) < 4.78 is 29.9. The van der Waals surface area contributed by atoms with Crippen LogP contribution in [-0.2, 0) is 0 Å². The lowest BCUT2D eigenvalue weighted by Crippen LogP contribution is -2.38. The molecule has 27 heavy (non-hydrogen) atoms. The first-order chi connectivity index (χ1) is 11.8. The van der Waals surface area contributed by atoms with Gasteiger partial charge in [-0.1, -0.05) is 12.1 Å². The summed E-state index contributed by atoms with van der Waals surface area (Å²) in [6, 6.07) is 12.5. The highest BCUT2D eigenvalue weighted by atomic mass is 35.5. The van der Waals surface area contributed by atoms with Gasteiger partial charge < -0.3 is 30.5 Å². The van der Waals surface area contributed by atoms with E-state index in [1.807, 2.05) is 30.3 Å². The van der Waals surface area contributed by atoms with Crippen molar-refractivity contribution < 1.29 is 29.6 Å². The molecule has 6 nitrogen and oxygen atoms in total. The molecule has 2 aromatic carbocycles. The third-order valence-corrected chi connectivity index (χ3v) is 4.71. The first-order valence-corrected chi connectivity index (χ1v) is 8.28. The summed E-state index contributed by atoms with van der Waals surface area (Å²) in [5.41, 5.74) is 1.18. The average Bonchev–Trinajstić information content (AvgIpc) is 3.09. The monoisotopic (exact) mass is 401 g/mol. The first-order valence-electron chi connectivity index (χ1n) is 8.28. The van der Waals surface area contributed by atoms with Crippen LogP contribution in [0.15, 0.2) is 42.5 Å². The number of halogens is 2. The zero-order valence-corrected chi connectivity index (χ0v) is 15.6. The number of benzene rings is 2. The molecule has 2 aliphatic rings. The van der Waals surface area contributed by atoms with Crippen molar-refractivity contribution in [3.8, 4) is 17.2 Å². The van der Waals surface area contributed by atoms with Crippen LogP contribution < -0.4 is 19.5 Å². The van der Waals surface area contributed by atoms with Crippen LogP contribution in [0.4, 0.5) is 4.39 Å². The molecule has 0 aromatic heterocycles. The van der Waals surface area contributed by atoms with E-state index >= 15 is 0 Å². The van der Waals surface area contributed by atoms with Gasteiger partial charge in [-0.3, -0.25) is 0 Å². The Morgan fingerprint density at radius 2 is 1.78 bits per heavy atom. The van der Waals surface area contributed by atoms with Gasteiger partial charge in [-0.25, -0.2) is 4.39 Å². The number of piperidine rings is 1. The van der Waals surface area contributed by atoms with E-state index in [4.69, 9.17) is 14.2 Å². The Kier molecular flexibility index (Phi) is 8.78. The van der Waals surface area contributed by atoms with Crippen molar-refractivity contribution in [2.75, 3.05) is 26.5 Å². The Labute approximate surface area is 163 Å². The Balaban J connectivity index is 0.00000121. The molecule has 0 bridgehead atoms. The van der Waals surface area contributed by atoms with Crippen LogP contribution in [-0.4, -0.2) is 37.4 Å². The molecule has 0 aliphatic carbocycles. The maximum atomic E-state index is 13.2. The molecule has 150 valence electrons. The van der Waals surface area contributed by atoms with Gasteiger partial charge in [0.05, 0.1) is 6.61 Å². The molecule has 0 spiro atoms. The molecule has 2 atom stereocenters. The van der Waals surface area contributed by atoms with Gasteiger partial charge in [0, 0.05) is 18.5 Å². The second-order valence-corrected chi connectivity index (χ2v) is 6.24. The molecule has 5 N–H and O–H groups in total. The summed E-state index contributed by atoms with van der Waals surface area (Å²) in [4.78, 5) is 0. The van der Waals surface area contributed by atoms with Crippen molar-refractivity contribution in [3.05, 3.63) is 53.8 Å². The molecule has 4 rings (SSSR count). The van der Waals surface area contributed by atoms with E-state index in [9.17, 15) is 4.39 Å². The predicted octanol–water partition coefficient (Wildman–Crippen LogP) is 2.10. The lowest BCUT2D eigenvalue weighted by molar-refractivity contribution is 0.173. The summed E-state index contributed by atoms with van der Waals surface area (Å²) in [6.45, 7) is 2.74. The lowest BCUT2D eigenvalue weighted by Gasteiger charge is -2.32. The second-order valence-electron chi connectivity index (χ2n) is 6.24. The molecule has 0 radical (unpaired) electrons. The highest BCUT2D eigenvalue weighted by Crippen LogP contribution is 2.36. The minimum Gasteiger partial charge on any atom is -0.493 e. The Morgan fingerprint density at radius 1 is 1.04 bits per heavy atom. The quantitative estimate of drug-likeness (QED) is 0.847. The number of ether oxygens (including phenoxy) is 3. The summed E-state index contributed by atoms with van der Waals surface area (Å²) in [6.07, 6.45) is 1.03. The summed E-state index contributed by atoms with van der Waals surface area (Å²) in [7, 11) is 0. The molecular weight excluding hydrogens is 377 g/mol. The normalized spacial score (nSPS) is 19.9. The molecule has 2 aliphatic heterocycles. The summed E-state index contributed by atoms with van der Waals surface area (Å²) in [5, 5.41) is 3.43.